The monoisotopic (exact) mass is 404 g/mol. The van der Waals surface area contributed by atoms with Crippen LogP contribution >= 0.6 is 11.8 Å². The highest BCUT2D eigenvalue weighted by molar-refractivity contribution is 7.99. The van der Waals surface area contributed by atoms with Gasteiger partial charge in [0.25, 0.3) is 0 Å². The molecule has 3 heterocycles. The number of aromatic nitrogens is 6. The predicted octanol–water partition coefficient (Wildman–Crippen LogP) is 4.80. The van der Waals surface area contributed by atoms with Crippen LogP contribution in [0.25, 0.3) is 17.1 Å². The van der Waals surface area contributed by atoms with E-state index in [-0.39, 0.29) is 0 Å². The Balaban J connectivity index is 1.47. The summed E-state index contributed by atoms with van der Waals surface area (Å²) in [6, 6.07) is 14.3. The van der Waals surface area contributed by atoms with Gasteiger partial charge in [0, 0.05) is 42.6 Å². The largest absolute Gasteiger partial charge is 0.273 e. The maximum atomic E-state index is 4.51. The maximum absolute atomic E-state index is 4.51. The molecule has 4 rings (SSSR count). The minimum absolute atomic E-state index is 0.850. The van der Waals surface area contributed by atoms with Crippen molar-refractivity contribution in [2.45, 2.75) is 37.9 Å². The van der Waals surface area contributed by atoms with E-state index in [9.17, 15) is 0 Å². The summed E-state index contributed by atoms with van der Waals surface area (Å²) in [5, 5.41) is 14.2. The zero-order chi connectivity index (χ0) is 19.9. The highest BCUT2D eigenvalue weighted by atomic mass is 32.2. The molecule has 0 aliphatic rings. The van der Waals surface area contributed by atoms with E-state index in [2.05, 4.69) is 56.0 Å². The zero-order valence-electron chi connectivity index (χ0n) is 16.5. The molecule has 6 nitrogen and oxygen atoms in total. The molecule has 0 radical (unpaired) electrons. The van der Waals surface area contributed by atoms with Crippen molar-refractivity contribution in [3.8, 4) is 17.1 Å². The first-order valence-corrected chi connectivity index (χ1v) is 10.8. The number of nitrogens with zero attached hydrogens (tertiary/aromatic N) is 6. The number of aryl methyl sites for hydroxylation is 2. The van der Waals surface area contributed by atoms with Crippen molar-refractivity contribution in [2.24, 2.45) is 0 Å². The lowest BCUT2D eigenvalue weighted by atomic mass is 10.2. The van der Waals surface area contributed by atoms with E-state index in [1.807, 2.05) is 35.3 Å². The van der Waals surface area contributed by atoms with Gasteiger partial charge in [0.15, 0.2) is 11.0 Å². The Morgan fingerprint density at radius 3 is 2.55 bits per heavy atom. The minimum Gasteiger partial charge on any atom is -0.273 e. The summed E-state index contributed by atoms with van der Waals surface area (Å²) in [4.78, 5) is 4.13. The van der Waals surface area contributed by atoms with E-state index in [0.29, 0.717) is 0 Å². The Hall–Kier alpha value is -2.93. The number of hydrogen-bond acceptors (Lipinski definition) is 5. The van der Waals surface area contributed by atoms with E-state index in [0.717, 1.165) is 47.4 Å². The van der Waals surface area contributed by atoms with Crippen molar-refractivity contribution < 1.29 is 0 Å². The lowest BCUT2D eigenvalue weighted by molar-refractivity contribution is 0.554. The first-order chi connectivity index (χ1) is 14.3. The zero-order valence-corrected chi connectivity index (χ0v) is 17.3. The first-order valence-electron chi connectivity index (χ1n) is 9.85. The van der Waals surface area contributed by atoms with E-state index in [1.54, 1.807) is 24.2 Å². The van der Waals surface area contributed by atoms with Gasteiger partial charge in [-0.1, -0.05) is 36.4 Å². The van der Waals surface area contributed by atoms with Gasteiger partial charge >= 0.3 is 0 Å². The number of pyridine rings is 1. The van der Waals surface area contributed by atoms with Crippen LogP contribution in [-0.2, 0) is 6.54 Å². The molecule has 0 aliphatic heterocycles. The SMILES string of the molecule is Cc1ccccc1-n1c(SCCCCCn2cccn2)nnc1-c1ccncc1. The molecule has 0 saturated heterocycles. The topological polar surface area (TPSA) is 61.4 Å². The molecule has 148 valence electrons. The Bertz CT molecular complexity index is 1030. The van der Waals surface area contributed by atoms with Gasteiger partial charge in [0.2, 0.25) is 0 Å². The molecule has 0 bridgehead atoms. The number of para-hydroxylation sites is 1. The fourth-order valence-electron chi connectivity index (χ4n) is 3.23. The fourth-order valence-corrected chi connectivity index (χ4v) is 4.18. The molecular formula is C22H24N6S. The van der Waals surface area contributed by atoms with Crippen molar-refractivity contribution in [3.05, 3.63) is 72.8 Å². The summed E-state index contributed by atoms with van der Waals surface area (Å²) in [5.41, 5.74) is 3.33. The Morgan fingerprint density at radius 2 is 1.76 bits per heavy atom. The predicted molar refractivity (Wildman–Crippen MR) is 116 cm³/mol. The molecular weight excluding hydrogens is 380 g/mol. The summed E-state index contributed by atoms with van der Waals surface area (Å²) >= 11 is 1.77. The Labute approximate surface area is 175 Å². The summed E-state index contributed by atoms with van der Waals surface area (Å²) in [6.07, 6.45) is 10.9. The molecule has 0 unspecified atom stereocenters. The lowest BCUT2D eigenvalue weighted by Gasteiger charge is -2.12. The summed E-state index contributed by atoms with van der Waals surface area (Å²) in [7, 11) is 0. The first kappa shape index (κ1) is 19.4. The molecule has 0 saturated carbocycles. The standard InChI is InChI=1S/C22H24N6S/c1-18-8-3-4-9-20(18)28-21(19-10-13-23-14-11-19)25-26-22(28)29-17-6-2-5-15-27-16-7-12-24-27/h3-4,7-14,16H,2,5-6,15,17H2,1H3. The molecule has 7 heteroatoms. The normalized spacial score (nSPS) is 11.1. The molecule has 0 N–H and O–H groups in total. The van der Waals surface area contributed by atoms with Gasteiger partial charge in [-0.3, -0.25) is 14.2 Å². The average Bonchev–Trinajstić information content (AvgIpc) is 3.42. The van der Waals surface area contributed by atoms with E-state index in [4.69, 9.17) is 0 Å². The molecule has 29 heavy (non-hydrogen) atoms. The van der Waals surface area contributed by atoms with Crippen LogP contribution in [0.1, 0.15) is 24.8 Å². The molecule has 1 aromatic carbocycles. The third kappa shape index (κ3) is 4.74. The number of hydrogen-bond donors (Lipinski definition) is 0. The second-order valence-electron chi connectivity index (χ2n) is 6.84. The molecule has 0 spiro atoms. The summed E-state index contributed by atoms with van der Waals surface area (Å²) < 4.78 is 4.15. The number of thioether (sulfide) groups is 1. The quantitative estimate of drug-likeness (QED) is 0.296. The maximum Gasteiger partial charge on any atom is 0.196 e. The second-order valence-corrected chi connectivity index (χ2v) is 7.90. The lowest BCUT2D eigenvalue weighted by Crippen LogP contribution is -2.02. The summed E-state index contributed by atoms with van der Waals surface area (Å²) in [6.45, 7) is 3.10. The van der Waals surface area contributed by atoms with E-state index >= 15 is 0 Å². The number of unbranched alkanes of at least 4 members (excludes halogenated alkanes) is 2. The number of rotatable bonds is 9. The van der Waals surface area contributed by atoms with Gasteiger partial charge < -0.3 is 0 Å². The van der Waals surface area contributed by atoms with Crippen LogP contribution in [0, 0.1) is 6.92 Å². The average molecular weight is 405 g/mol. The molecule has 0 aliphatic carbocycles. The Kier molecular flexibility index (Phi) is 6.36. The fraction of sp³-hybridized carbons (Fsp3) is 0.273. The third-order valence-electron chi connectivity index (χ3n) is 4.75. The van der Waals surface area contributed by atoms with Crippen LogP contribution in [0.3, 0.4) is 0 Å². The van der Waals surface area contributed by atoms with Crippen LogP contribution in [0.2, 0.25) is 0 Å². The summed E-state index contributed by atoms with van der Waals surface area (Å²) in [5.74, 6) is 1.86. The molecule has 3 aromatic heterocycles. The highest BCUT2D eigenvalue weighted by Gasteiger charge is 2.17. The smallest absolute Gasteiger partial charge is 0.196 e. The van der Waals surface area contributed by atoms with Crippen LogP contribution < -0.4 is 0 Å². The van der Waals surface area contributed by atoms with Crippen LogP contribution in [-0.4, -0.2) is 35.3 Å². The van der Waals surface area contributed by atoms with Gasteiger partial charge in [0.05, 0.1) is 5.69 Å². The molecule has 0 fully saturated rings. The van der Waals surface area contributed by atoms with Crippen molar-refractivity contribution in [3.63, 3.8) is 0 Å². The van der Waals surface area contributed by atoms with E-state index < -0.39 is 0 Å². The third-order valence-corrected chi connectivity index (χ3v) is 5.77. The van der Waals surface area contributed by atoms with Crippen molar-refractivity contribution in [1.29, 1.82) is 0 Å². The molecule has 4 aromatic rings. The second kappa shape index (κ2) is 9.52. The van der Waals surface area contributed by atoms with Crippen molar-refractivity contribution in [2.75, 3.05) is 5.75 Å². The van der Waals surface area contributed by atoms with Crippen molar-refractivity contribution in [1.82, 2.24) is 29.5 Å². The van der Waals surface area contributed by atoms with Gasteiger partial charge in [-0.05, 0) is 49.6 Å². The minimum atomic E-state index is 0.850. The highest BCUT2D eigenvalue weighted by Crippen LogP contribution is 2.29. The molecule has 0 atom stereocenters. The van der Waals surface area contributed by atoms with E-state index in [1.165, 1.54) is 12.0 Å². The van der Waals surface area contributed by atoms with Crippen LogP contribution in [0.15, 0.2) is 72.4 Å². The number of benzene rings is 1. The van der Waals surface area contributed by atoms with Gasteiger partial charge in [-0.2, -0.15) is 5.10 Å². The molecule has 0 amide bonds. The van der Waals surface area contributed by atoms with Gasteiger partial charge in [0.1, 0.15) is 0 Å². The van der Waals surface area contributed by atoms with Crippen LogP contribution in [0.4, 0.5) is 0 Å². The van der Waals surface area contributed by atoms with Crippen LogP contribution in [0.5, 0.6) is 0 Å². The van der Waals surface area contributed by atoms with Gasteiger partial charge in [-0.25, -0.2) is 0 Å². The van der Waals surface area contributed by atoms with Gasteiger partial charge in [-0.15, -0.1) is 10.2 Å². The van der Waals surface area contributed by atoms with Crippen molar-refractivity contribution >= 4 is 11.8 Å². The Morgan fingerprint density at radius 1 is 0.897 bits per heavy atom.